The van der Waals surface area contributed by atoms with Crippen LogP contribution in [0.1, 0.15) is 11.1 Å². The van der Waals surface area contributed by atoms with Gasteiger partial charge in [0.25, 0.3) is 5.91 Å². The van der Waals surface area contributed by atoms with Crippen LogP contribution in [0.5, 0.6) is 0 Å². The minimum absolute atomic E-state index is 0. The van der Waals surface area contributed by atoms with Gasteiger partial charge in [-0.15, -0.1) is 0 Å². The van der Waals surface area contributed by atoms with Gasteiger partial charge in [0.05, 0.1) is 10.5 Å². The summed E-state index contributed by atoms with van der Waals surface area (Å²) in [6.45, 7) is 0. The average molecular weight is 324 g/mol. The standard InChI is InChI=1S/C14H10N2O4S.Na/c17-14-12(11-2-1-7-15-13(11)16-14)8-9-3-5-10(6-4-9)21(18,19)20;/h1-8H,(H,15,16,17)(H,18,19,20);/q;+1/p-1. The van der Waals surface area contributed by atoms with E-state index < -0.39 is 10.1 Å². The summed E-state index contributed by atoms with van der Waals surface area (Å²) in [5.41, 5.74) is 1.74. The number of amides is 1. The van der Waals surface area contributed by atoms with E-state index in [-0.39, 0.29) is 40.4 Å². The van der Waals surface area contributed by atoms with Gasteiger partial charge in [0, 0.05) is 11.8 Å². The summed E-state index contributed by atoms with van der Waals surface area (Å²) in [5, 5.41) is 2.64. The molecule has 0 unspecified atom stereocenters. The second-order valence-electron chi connectivity index (χ2n) is 4.43. The number of nitrogens with zero attached hydrogens (tertiary/aromatic N) is 1. The Morgan fingerprint density at radius 3 is 2.45 bits per heavy atom. The fourth-order valence-electron chi connectivity index (χ4n) is 2.06. The molecule has 1 N–H and O–H groups in total. The minimum atomic E-state index is -4.47. The molecule has 106 valence electrons. The maximum Gasteiger partial charge on any atom is 1.00 e. The van der Waals surface area contributed by atoms with Crippen molar-refractivity contribution in [2.24, 2.45) is 0 Å². The van der Waals surface area contributed by atoms with Crippen molar-refractivity contribution in [2.75, 3.05) is 5.32 Å². The molecule has 1 aromatic heterocycles. The number of aromatic nitrogens is 1. The Kier molecular flexibility index (Phi) is 4.84. The van der Waals surface area contributed by atoms with Crippen molar-refractivity contribution in [3.8, 4) is 0 Å². The number of hydrogen-bond acceptors (Lipinski definition) is 5. The molecule has 3 rings (SSSR count). The number of pyridine rings is 1. The van der Waals surface area contributed by atoms with E-state index in [1.165, 1.54) is 24.3 Å². The van der Waals surface area contributed by atoms with Gasteiger partial charge in [0.2, 0.25) is 0 Å². The Hall–Kier alpha value is -1.51. The molecular formula is C14H9N2NaO4S. The molecule has 0 fully saturated rings. The predicted molar refractivity (Wildman–Crippen MR) is 75.1 cm³/mol. The summed E-state index contributed by atoms with van der Waals surface area (Å²) in [6.07, 6.45) is 3.19. The van der Waals surface area contributed by atoms with E-state index in [1.807, 2.05) is 0 Å². The zero-order valence-electron chi connectivity index (χ0n) is 11.6. The van der Waals surface area contributed by atoms with Crippen LogP contribution in [0.2, 0.25) is 0 Å². The topological polar surface area (TPSA) is 99.2 Å². The third kappa shape index (κ3) is 3.29. The van der Waals surface area contributed by atoms with Crippen molar-refractivity contribution in [1.82, 2.24) is 4.98 Å². The van der Waals surface area contributed by atoms with E-state index in [4.69, 9.17) is 0 Å². The van der Waals surface area contributed by atoms with E-state index >= 15 is 0 Å². The number of nitrogens with one attached hydrogen (secondary N) is 1. The van der Waals surface area contributed by atoms with Crippen LogP contribution < -0.4 is 34.9 Å². The molecule has 2 aromatic rings. The number of hydrogen-bond donors (Lipinski definition) is 1. The van der Waals surface area contributed by atoms with Gasteiger partial charge in [-0.05, 0) is 35.9 Å². The van der Waals surface area contributed by atoms with Crippen LogP contribution in [0.4, 0.5) is 5.82 Å². The van der Waals surface area contributed by atoms with Crippen LogP contribution in [-0.2, 0) is 14.9 Å². The van der Waals surface area contributed by atoms with Crippen molar-refractivity contribution in [3.63, 3.8) is 0 Å². The first-order valence-corrected chi connectivity index (χ1v) is 7.40. The Balaban J connectivity index is 0.00000176. The number of fused-ring (bicyclic) bond motifs is 1. The molecule has 0 saturated carbocycles. The third-order valence-corrected chi connectivity index (χ3v) is 3.90. The quantitative estimate of drug-likeness (QED) is 0.411. The summed E-state index contributed by atoms with van der Waals surface area (Å²) in [4.78, 5) is 15.6. The molecule has 1 aliphatic heterocycles. The molecule has 0 spiro atoms. The molecule has 2 heterocycles. The van der Waals surface area contributed by atoms with Gasteiger partial charge in [0.15, 0.2) is 0 Å². The normalized spacial score (nSPS) is 15.1. The first-order chi connectivity index (χ1) is 9.95. The summed E-state index contributed by atoms with van der Waals surface area (Å²) >= 11 is 0. The van der Waals surface area contributed by atoms with Crippen molar-refractivity contribution in [1.29, 1.82) is 0 Å². The van der Waals surface area contributed by atoms with E-state index in [2.05, 4.69) is 10.3 Å². The van der Waals surface area contributed by atoms with Crippen LogP contribution in [0.3, 0.4) is 0 Å². The first-order valence-electron chi connectivity index (χ1n) is 5.99. The van der Waals surface area contributed by atoms with Gasteiger partial charge in [-0.2, -0.15) is 0 Å². The first kappa shape index (κ1) is 16.9. The van der Waals surface area contributed by atoms with E-state index in [0.717, 1.165) is 0 Å². The Bertz CT molecular complexity index is 861. The molecule has 1 amide bonds. The van der Waals surface area contributed by atoms with Gasteiger partial charge in [-0.3, -0.25) is 4.79 Å². The Labute approximate surface area is 149 Å². The molecule has 8 heteroatoms. The van der Waals surface area contributed by atoms with Gasteiger partial charge >= 0.3 is 29.6 Å². The number of carbonyl (C=O) groups is 1. The van der Waals surface area contributed by atoms with Crippen LogP contribution in [0, 0.1) is 0 Å². The van der Waals surface area contributed by atoms with Gasteiger partial charge in [0.1, 0.15) is 15.9 Å². The number of carbonyl (C=O) groups excluding carboxylic acids is 1. The summed E-state index contributed by atoms with van der Waals surface area (Å²) in [7, 11) is -4.47. The monoisotopic (exact) mass is 324 g/mol. The molecule has 0 bridgehead atoms. The maximum atomic E-state index is 11.9. The van der Waals surface area contributed by atoms with E-state index in [1.54, 1.807) is 24.4 Å². The van der Waals surface area contributed by atoms with Crippen LogP contribution in [-0.4, -0.2) is 23.9 Å². The van der Waals surface area contributed by atoms with Crippen LogP contribution in [0.25, 0.3) is 11.6 Å². The molecule has 0 saturated heterocycles. The number of anilines is 1. The molecule has 22 heavy (non-hydrogen) atoms. The van der Waals surface area contributed by atoms with Gasteiger partial charge in [-0.25, -0.2) is 13.4 Å². The van der Waals surface area contributed by atoms with E-state index in [9.17, 15) is 17.8 Å². The molecule has 1 aromatic carbocycles. The third-order valence-electron chi connectivity index (χ3n) is 3.05. The smallest absolute Gasteiger partial charge is 0.744 e. The van der Waals surface area contributed by atoms with Crippen molar-refractivity contribution < 1.29 is 47.3 Å². The van der Waals surface area contributed by atoms with Crippen molar-refractivity contribution in [3.05, 3.63) is 53.7 Å². The van der Waals surface area contributed by atoms with Gasteiger partial charge < -0.3 is 9.87 Å². The minimum Gasteiger partial charge on any atom is -0.744 e. The molecule has 1 aliphatic rings. The van der Waals surface area contributed by atoms with Crippen molar-refractivity contribution in [2.45, 2.75) is 4.90 Å². The fourth-order valence-corrected chi connectivity index (χ4v) is 2.53. The van der Waals surface area contributed by atoms with E-state index in [0.29, 0.717) is 22.5 Å². The molecule has 0 radical (unpaired) electrons. The fraction of sp³-hybridized carbons (Fsp3) is 0. The second kappa shape index (κ2) is 6.31. The van der Waals surface area contributed by atoms with Crippen LogP contribution >= 0.6 is 0 Å². The summed E-state index contributed by atoms with van der Waals surface area (Å²) in [6, 6.07) is 8.86. The maximum absolute atomic E-state index is 11.9. The summed E-state index contributed by atoms with van der Waals surface area (Å²) < 4.78 is 32.6. The Morgan fingerprint density at radius 2 is 1.82 bits per heavy atom. The molecule has 0 atom stereocenters. The largest absolute Gasteiger partial charge is 1.00 e. The second-order valence-corrected chi connectivity index (χ2v) is 5.81. The zero-order chi connectivity index (χ0) is 15.0. The number of rotatable bonds is 2. The van der Waals surface area contributed by atoms with Gasteiger partial charge in [-0.1, -0.05) is 12.1 Å². The zero-order valence-corrected chi connectivity index (χ0v) is 14.4. The SMILES string of the molecule is O=C1Nc2ncccc2C1=Cc1ccc(S(=O)(=O)[O-])cc1.[Na+]. The van der Waals surface area contributed by atoms with Crippen LogP contribution in [0.15, 0.2) is 47.5 Å². The average Bonchev–Trinajstić information content (AvgIpc) is 2.75. The predicted octanol–water partition coefficient (Wildman–Crippen LogP) is -1.52. The Morgan fingerprint density at radius 1 is 1.14 bits per heavy atom. The molecule has 6 nitrogen and oxygen atoms in total. The summed E-state index contributed by atoms with van der Waals surface area (Å²) in [5.74, 6) is 0.219. The molecular weight excluding hydrogens is 315 g/mol. The van der Waals surface area contributed by atoms with Crippen molar-refractivity contribution >= 4 is 33.5 Å². The number of benzene rings is 1. The molecule has 0 aliphatic carbocycles.